The molecule has 2 fully saturated rings. The SMILES string of the molecule is Cc1ccc(CN2C(=O)CN(c3ncc(Cl)cc3F)C(=O)C2C2COC2)cc1. The maximum atomic E-state index is 14.4. The second-order valence-electron chi connectivity index (χ2n) is 7.13. The highest BCUT2D eigenvalue weighted by molar-refractivity contribution is 6.30. The van der Waals surface area contributed by atoms with Gasteiger partial charge in [0.25, 0.3) is 5.91 Å². The van der Waals surface area contributed by atoms with Gasteiger partial charge in [0.1, 0.15) is 12.6 Å². The van der Waals surface area contributed by atoms with Crippen molar-refractivity contribution in [2.45, 2.75) is 19.5 Å². The fraction of sp³-hybridized carbons (Fsp3) is 0.350. The summed E-state index contributed by atoms with van der Waals surface area (Å²) in [6.07, 6.45) is 1.26. The molecule has 2 amide bonds. The highest BCUT2D eigenvalue weighted by Gasteiger charge is 2.47. The van der Waals surface area contributed by atoms with Crippen LogP contribution < -0.4 is 4.90 Å². The van der Waals surface area contributed by atoms with E-state index in [0.717, 1.165) is 22.1 Å². The molecule has 2 aliphatic rings. The van der Waals surface area contributed by atoms with E-state index in [4.69, 9.17) is 16.3 Å². The normalized spacial score (nSPS) is 20.5. The number of hydrogen-bond acceptors (Lipinski definition) is 4. The maximum Gasteiger partial charge on any atom is 0.251 e. The lowest BCUT2D eigenvalue weighted by molar-refractivity contribution is -0.155. The van der Waals surface area contributed by atoms with Gasteiger partial charge in [-0.2, -0.15) is 0 Å². The van der Waals surface area contributed by atoms with E-state index >= 15 is 0 Å². The number of halogens is 2. The first-order valence-corrected chi connectivity index (χ1v) is 9.37. The lowest BCUT2D eigenvalue weighted by atomic mass is 9.92. The summed E-state index contributed by atoms with van der Waals surface area (Å²) in [5.74, 6) is -1.64. The van der Waals surface area contributed by atoms with Crippen molar-refractivity contribution in [3.63, 3.8) is 0 Å². The summed E-state index contributed by atoms with van der Waals surface area (Å²) < 4.78 is 19.6. The Balaban J connectivity index is 1.65. The summed E-state index contributed by atoms with van der Waals surface area (Å²) in [6.45, 7) is 2.81. The van der Waals surface area contributed by atoms with Crippen LogP contribution in [0.1, 0.15) is 11.1 Å². The number of aryl methyl sites for hydroxylation is 1. The number of pyridine rings is 1. The molecule has 0 N–H and O–H groups in total. The van der Waals surface area contributed by atoms with E-state index in [9.17, 15) is 14.0 Å². The van der Waals surface area contributed by atoms with Gasteiger partial charge in [0.2, 0.25) is 5.91 Å². The van der Waals surface area contributed by atoms with Crippen LogP contribution in [0.25, 0.3) is 0 Å². The molecule has 1 aromatic heterocycles. The molecule has 0 spiro atoms. The van der Waals surface area contributed by atoms with E-state index in [-0.39, 0.29) is 35.1 Å². The van der Waals surface area contributed by atoms with Crippen LogP contribution in [-0.2, 0) is 20.9 Å². The predicted molar refractivity (Wildman–Crippen MR) is 101 cm³/mol. The Morgan fingerprint density at radius 1 is 1.25 bits per heavy atom. The Hall–Kier alpha value is -2.51. The smallest absolute Gasteiger partial charge is 0.251 e. The Bertz CT molecular complexity index is 917. The van der Waals surface area contributed by atoms with E-state index in [1.54, 1.807) is 4.90 Å². The fourth-order valence-corrected chi connectivity index (χ4v) is 3.65. The van der Waals surface area contributed by atoms with E-state index in [1.165, 1.54) is 6.20 Å². The molecule has 28 heavy (non-hydrogen) atoms. The summed E-state index contributed by atoms with van der Waals surface area (Å²) in [7, 11) is 0. The third kappa shape index (κ3) is 3.47. The zero-order valence-electron chi connectivity index (χ0n) is 15.3. The van der Waals surface area contributed by atoms with Crippen LogP contribution in [0.5, 0.6) is 0 Å². The first kappa shape index (κ1) is 18.8. The molecule has 6 nitrogen and oxygen atoms in total. The monoisotopic (exact) mass is 403 g/mol. The number of anilines is 1. The van der Waals surface area contributed by atoms with E-state index in [0.29, 0.717) is 19.8 Å². The molecule has 2 aliphatic heterocycles. The first-order valence-electron chi connectivity index (χ1n) is 8.99. The van der Waals surface area contributed by atoms with Crippen LogP contribution >= 0.6 is 11.6 Å². The molecule has 3 heterocycles. The molecule has 4 rings (SSSR count). The number of carbonyl (C=O) groups excluding carboxylic acids is 2. The molecular weight excluding hydrogens is 385 g/mol. The van der Waals surface area contributed by atoms with Gasteiger partial charge in [-0.3, -0.25) is 14.5 Å². The van der Waals surface area contributed by atoms with Crippen molar-refractivity contribution in [3.05, 3.63) is 58.5 Å². The Kier molecular flexibility index (Phi) is 5.03. The number of amides is 2. The van der Waals surface area contributed by atoms with Crippen molar-refractivity contribution >= 4 is 29.2 Å². The number of hydrogen-bond donors (Lipinski definition) is 0. The van der Waals surface area contributed by atoms with Gasteiger partial charge in [0, 0.05) is 18.7 Å². The van der Waals surface area contributed by atoms with Crippen LogP contribution in [0.3, 0.4) is 0 Å². The number of benzene rings is 1. The molecule has 8 heteroatoms. The second-order valence-corrected chi connectivity index (χ2v) is 7.57. The largest absolute Gasteiger partial charge is 0.380 e. The zero-order chi connectivity index (χ0) is 19.8. The molecule has 0 bridgehead atoms. The molecule has 0 radical (unpaired) electrons. The van der Waals surface area contributed by atoms with Gasteiger partial charge in [-0.15, -0.1) is 0 Å². The number of carbonyl (C=O) groups is 2. The summed E-state index contributed by atoms with van der Waals surface area (Å²) in [4.78, 5) is 32.8. The summed E-state index contributed by atoms with van der Waals surface area (Å²) >= 11 is 5.76. The molecule has 0 aliphatic carbocycles. The topological polar surface area (TPSA) is 62.7 Å². The van der Waals surface area contributed by atoms with Gasteiger partial charge in [-0.05, 0) is 18.6 Å². The van der Waals surface area contributed by atoms with Crippen molar-refractivity contribution in [2.24, 2.45) is 5.92 Å². The van der Waals surface area contributed by atoms with Crippen LogP contribution in [0.15, 0.2) is 36.5 Å². The Labute approximate surface area is 166 Å². The molecule has 2 saturated heterocycles. The third-order valence-electron chi connectivity index (χ3n) is 5.10. The number of piperazine rings is 1. The molecule has 1 atom stereocenters. The van der Waals surface area contributed by atoms with Crippen LogP contribution in [0.2, 0.25) is 5.02 Å². The molecule has 2 aromatic rings. The highest BCUT2D eigenvalue weighted by Crippen LogP contribution is 2.30. The van der Waals surface area contributed by atoms with Gasteiger partial charge in [0.15, 0.2) is 11.6 Å². The molecule has 146 valence electrons. The van der Waals surface area contributed by atoms with E-state index in [2.05, 4.69) is 4.98 Å². The Morgan fingerprint density at radius 2 is 1.96 bits per heavy atom. The standard InChI is InChI=1S/C20H19ClFN3O3/c1-12-2-4-13(5-3-12)8-24-17(26)9-25(19-16(22)6-15(21)7-23-19)20(27)18(24)14-10-28-11-14/h2-7,14,18H,8-11H2,1H3. The number of nitrogens with zero attached hydrogens (tertiary/aromatic N) is 3. The first-order chi connectivity index (χ1) is 13.4. The minimum atomic E-state index is -0.732. The van der Waals surface area contributed by atoms with Crippen LogP contribution in [-0.4, -0.2) is 47.5 Å². The number of ether oxygens (including phenoxy) is 1. The average molecular weight is 404 g/mol. The van der Waals surface area contributed by atoms with Gasteiger partial charge >= 0.3 is 0 Å². The van der Waals surface area contributed by atoms with Crippen LogP contribution in [0, 0.1) is 18.7 Å². The summed E-state index contributed by atoms with van der Waals surface area (Å²) in [6, 6.07) is 8.18. The summed E-state index contributed by atoms with van der Waals surface area (Å²) in [5, 5.41) is 0.127. The summed E-state index contributed by atoms with van der Waals surface area (Å²) in [5.41, 5.74) is 2.05. The second kappa shape index (κ2) is 7.48. The highest BCUT2D eigenvalue weighted by atomic mass is 35.5. The van der Waals surface area contributed by atoms with Crippen molar-refractivity contribution in [3.8, 4) is 0 Å². The molecule has 0 saturated carbocycles. The van der Waals surface area contributed by atoms with Crippen molar-refractivity contribution < 1.29 is 18.7 Å². The number of aromatic nitrogens is 1. The van der Waals surface area contributed by atoms with E-state index in [1.807, 2.05) is 31.2 Å². The molecule has 1 aromatic carbocycles. The Morgan fingerprint density at radius 3 is 2.57 bits per heavy atom. The van der Waals surface area contributed by atoms with E-state index < -0.39 is 11.9 Å². The van der Waals surface area contributed by atoms with Crippen LogP contribution in [0.4, 0.5) is 10.2 Å². The molecular formula is C20H19ClFN3O3. The zero-order valence-corrected chi connectivity index (χ0v) is 16.0. The van der Waals surface area contributed by atoms with Gasteiger partial charge in [-0.1, -0.05) is 41.4 Å². The molecule has 1 unspecified atom stereocenters. The minimum Gasteiger partial charge on any atom is -0.380 e. The van der Waals surface area contributed by atoms with Crippen molar-refractivity contribution in [1.82, 2.24) is 9.88 Å². The van der Waals surface area contributed by atoms with Crippen molar-refractivity contribution in [2.75, 3.05) is 24.7 Å². The average Bonchev–Trinajstić information content (AvgIpc) is 2.61. The van der Waals surface area contributed by atoms with Gasteiger partial charge in [0.05, 0.1) is 18.2 Å². The van der Waals surface area contributed by atoms with Crippen molar-refractivity contribution in [1.29, 1.82) is 0 Å². The number of rotatable bonds is 4. The maximum absolute atomic E-state index is 14.4. The fourth-order valence-electron chi connectivity index (χ4n) is 3.51. The van der Waals surface area contributed by atoms with Gasteiger partial charge < -0.3 is 9.64 Å². The minimum absolute atomic E-state index is 0.125. The quantitative estimate of drug-likeness (QED) is 0.787. The predicted octanol–water partition coefficient (Wildman–Crippen LogP) is 2.57. The lowest BCUT2D eigenvalue weighted by Crippen LogP contribution is -2.65. The third-order valence-corrected chi connectivity index (χ3v) is 5.30. The van der Waals surface area contributed by atoms with Gasteiger partial charge in [-0.25, -0.2) is 9.37 Å². The lowest BCUT2D eigenvalue weighted by Gasteiger charge is -2.45.